The summed E-state index contributed by atoms with van der Waals surface area (Å²) < 4.78 is 25.0. The standard InChI is InChI=1S/C11H11F2NO/c12-11(13)7-14(8-11)10(15)6-9-4-2-1-3-5-9/h1-5H,6-8H2. The van der Waals surface area contributed by atoms with Gasteiger partial charge >= 0.3 is 0 Å². The highest BCUT2D eigenvalue weighted by atomic mass is 19.3. The van der Waals surface area contributed by atoms with Gasteiger partial charge in [-0.2, -0.15) is 0 Å². The van der Waals surface area contributed by atoms with Gasteiger partial charge in [-0.1, -0.05) is 30.3 Å². The molecule has 0 radical (unpaired) electrons. The summed E-state index contributed by atoms with van der Waals surface area (Å²) in [5.74, 6) is -2.90. The molecule has 2 nitrogen and oxygen atoms in total. The fourth-order valence-corrected chi connectivity index (χ4v) is 1.57. The molecule has 4 heteroatoms. The summed E-state index contributed by atoms with van der Waals surface area (Å²) >= 11 is 0. The second kappa shape index (κ2) is 3.61. The fourth-order valence-electron chi connectivity index (χ4n) is 1.57. The predicted molar refractivity (Wildman–Crippen MR) is 51.7 cm³/mol. The average Bonchev–Trinajstić information content (AvgIpc) is 2.15. The van der Waals surface area contributed by atoms with Crippen LogP contribution in [-0.4, -0.2) is 29.8 Å². The molecular weight excluding hydrogens is 200 g/mol. The van der Waals surface area contributed by atoms with Crippen LogP contribution < -0.4 is 0 Å². The maximum Gasteiger partial charge on any atom is 0.282 e. The maximum atomic E-state index is 12.5. The molecule has 0 aliphatic carbocycles. The lowest BCUT2D eigenvalue weighted by atomic mass is 10.1. The molecule has 0 N–H and O–H groups in total. The number of likely N-dealkylation sites (tertiary alicyclic amines) is 1. The van der Waals surface area contributed by atoms with Crippen LogP contribution in [-0.2, 0) is 11.2 Å². The van der Waals surface area contributed by atoms with E-state index in [1.165, 1.54) is 4.90 Å². The zero-order chi connectivity index (χ0) is 10.9. The smallest absolute Gasteiger partial charge is 0.282 e. The van der Waals surface area contributed by atoms with E-state index in [1.54, 1.807) is 0 Å². The number of halogens is 2. The van der Waals surface area contributed by atoms with Gasteiger partial charge in [0.05, 0.1) is 19.5 Å². The SMILES string of the molecule is O=C(Cc1ccccc1)N1CC(F)(F)C1. The first-order valence-corrected chi connectivity index (χ1v) is 4.76. The molecule has 0 spiro atoms. The number of benzene rings is 1. The fraction of sp³-hybridized carbons (Fsp3) is 0.364. The molecule has 1 aromatic rings. The molecule has 0 atom stereocenters. The third-order valence-corrected chi connectivity index (χ3v) is 2.40. The van der Waals surface area contributed by atoms with E-state index in [-0.39, 0.29) is 12.3 Å². The summed E-state index contributed by atoms with van der Waals surface area (Å²) in [5.41, 5.74) is 0.859. The molecule has 1 amide bonds. The Morgan fingerprint density at radius 2 is 1.87 bits per heavy atom. The largest absolute Gasteiger partial charge is 0.330 e. The summed E-state index contributed by atoms with van der Waals surface area (Å²) in [5, 5.41) is 0. The van der Waals surface area contributed by atoms with Crippen LogP contribution in [0.5, 0.6) is 0 Å². The van der Waals surface area contributed by atoms with Gasteiger partial charge in [0.2, 0.25) is 5.91 Å². The monoisotopic (exact) mass is 211 g/mol. The Kier molecular flexibility index (Phi) is 2.42. The molecule has 15 heavy (non-hydrogen) atoms. The number of amides is 1. The van der Waals surface area contributed by atoms with Gasteiger partial charge in [-0.15, -0.1) is 0 Å². The number of alkyl halides is 2. The van der Waals surface area contributed by atoms with Gasteiger partial charge in [-0.05, 0) is 5.56 Å². The summed E-state index contributed by atoms with van der Waals surface area (Å²) in [4.78, 5) is 12.7. The lowest BCUT2D eigenvalue weighted by Crippen LogP contribution is -2.58. The van der Waals surface area contributed by atoms with Crippen LogP contribution >= 0.6 is 0 Å². The average molecular weight is 211 g/mol. The van der Waals surface area contributed by atoms with Gasteiger partial charge in [0.25, 0.3) is 5.92 Å². The van der Waals surface area contributed by atoms with Crippen LogP contribution in [0.4, 0.5) is 8.78 Å². The summed E-state index contributed by atoms with van der Waals surface area (Å²) in [7, 11) is 0. The third-order valence-electron chi connectivity index (χ3n) is 2.40. The quantitative estimate of drug-likeness (QED) is 0.729. The van der Waals surface area contributed by atoms with Gasteiger partial charge in [-0.3, -0.25) is 4.79 Å². The van der Waals surface area contributed by atoms with Gasteiger partial charge in [0, 0.05) is 0 Å². The molecule has 1 saturated heterocycles. The van der Waals surface area contributed by atoms with E-state index in [0.29, 0.717) is 0 Å². The summed E-state index contributed by atoms with van der Waals surface area (Å²) in [6.07, 6.45) is 0.205. The zero-order valence-electron chi connectivity index (χ0n) is 8.12. The highest BCUT2D eigenvalue weighted by Gasteiger charge is 2.45. The first-order chi connectivity index (χ1) is 7.07. The van der Waals surface area contributed by atoms with E-state index in [1.807, 2.05) is 30.3 Å². The van der Waals surface area contributed by atoms with Crippen LogP contribution in [0.15, 0.2) is 30.3 Å². The minimum atomic E-state index is -2.67. The second-order valence-corrected chi connectivity index (χ2v) is 3.77. The van der Waals surface area contributed by atoms with Crippen molar-refractivity contribution in [2.24, 2.45) is 0 Å². The Morgan fingerprint density at radius 1 is 1.27 bits per heavy atom. The Labute approximate surface area is 86.5 Å². The van der Waals surface area contributed by atoms with Crippen molar-refractivity contribution in [1.29, 1.82) is 0 Å². The van der Waals surface area contributed by atoms with E-state index in [9.17, 15) is 13.6 Å². The lowest BCUT2D eigenvalue weighted by molar-refractivity contribution is -0.165. The van der Waals surface area contributed by atoms with Crippen molar-refractivity contribution in [2.75, 3.05) is 13.1 Å². The third kappa shape index (κ3) is 2.32. The van der Waals surface area contributed by atoms with E-state index < -0.39 is 19.0 Å². The van der Waals surface area contributed by atoms with E-state index >= 15 is 0 Å². The van der Waals surface area contributed by atoms with Crippen molar-refractivity contribution in [3.8, 4) is 0 Å². The molecule has 2 rings (SSSR count). The lowest BCUT2D eigenvalue weighted by Gasteiger charge is -2.38. The maximum absolute atomic E-state index is 12.5. The molecule has 0 bridgehead atoms. The predicted octanol–water partition coefficient (Wildman–Crippen LogP) is 1.71. The molecule has 0 aromatic heterocycles. The van der Waals surface area contributed by atoms with Crippen molar-refractivity contribution < 1.29 is 13.6 Å². The van der Waals surface area contributed by atoms with Crippen molar-refractivity contribution in [3.05, 3.63) is 35.9 Å². The van der Waals surface area contributed by atoms with Crippen LogP contribution in [0.25, 0.3) is 0 Å². The minimum Gasteiger partial charge on any atom is -0.330 e. The molecule has 80 valence electrons. The summed E-state index contributed by atoms with van der Waals surface area (Å²) in [6, 6.07) is 9.14. The minimum absolute atomic E-state index is 0.205. The van der Waals surface area contributed by atoms with Gasteiger partial charge in [0.15, 0.2) is 0 Å². The molecule has 0 saturated carbocycles. The normalized spacial score (nSPS) is 18.4. The summed E-state index contributed by atoms with van der Waals surface area (Å²) in [6.45, 7) is -0.864. The zero-order valence-corrected chi connectivity index (χ0v) is 8.12. The van der Waals surface area contributed by atoms with Crippen molar-refractivity contribution in [1.82, 2.24) is 4.90 Å². The molecular formula is C11H11F2NO. The first-order valence-electron chi connectivity index (χ1n) is 4.76. The van der Waals surface area contributed by atoms with E-state index in [0.717, 1.165) is 5.56 Å². The second-order valence-electron chi connectivity index (χ2n) is 3.77. The topological polar surface area (TPSA) is 20.3 Å². The molecule has 1 fully saturated rings. The Balaban J connectivity index is 1.89. The Hall–Kier alpha value is -1.45. The first kappa shape index (κ1) is 10.1. The number of hydrogen-bond acceptors (Lipinski definition) is 1. The van der Waals surface area contributed by atoms with Gasteiger partial charge in [-0.25, -0.2) is 8.78 Å². The van der Waals surface area contributed by atoms with Crippen molar-refractivity contribution in [3.63, 3.8) is 0 Å². The highest BCUT2D eigenvalue weighted by molar-refractivity contribution is 5.79. The van der Waals surface area contributed by atoms with Crippen molar-refractivity contribution >= 4 is 5.91 Å². The molecule has 1 aromatic carbocycles. The Morgan fingerprint density at radius 3 is 2.40 bits per heavy atom. The van der Waals surface area contributed by atoms with Crippen LogP contribution in [0.3, 0.4) is 0 Å². The number of carbonyl (C=O) groups excluding carboxylic acids is 1. The highest BCUT2D eigenvalue weighted by Crippen LogP contribution is 2.26. The number of nitrogens with zero attached hydrogens (tertiary/aromatic N) is 1. The molecule has 0 unspecified atom stereocenters. The number of hydrogen-bond donors (Lipinski definition) is 0. The van der Waals surface area contributed by atoms with E-state index in [4.69, 9.17) is 0 Å². The Bertz CT molecular complexity index is 356. The van der Waals surface area contributed by atoms with Crippen LogP contribution in [0.1, 0.15) is 5.56 Å². The number of rotatable bonds is 2. The van der Waals surface area contributed by atoms with E-state index in [2.05, 4.69) is 0 Å². The van der Waals surface area contributed by atoms with Crippen LogP contribution in [0.2, 0.25) is 0 Å². The molecule has 1 heterocycles. The molecule has 1 aliphatic heterocycles. The molecule has 1 aliphatic rings. The van der Waals surface area contributed by atoms with Crippen LogP contribution in [0, 0.1) is 0 Å². The van der Waals surface area contributed by atoms with Gasteiger partial charge < -0.3 is 4.90 Å². The van der Waals surface area contributed by atoms with Gasteiger partial charge in [0.1, 0.15) is 0 Å². The van der Waals surface area contributed by atoms with Crippen molar-refractivity contribution in [2.45, 2.75) is 12.3 Å². The number of carbonyl (C=O) groups is 1.